The van der Waals surface area contributed by atoms with E-state index in [1.54, 1.807) is 7.05 Å². The van der Waals surface area contributed by atoms with E-state index in [4.69, 9.17) is 0 Å². The fourth-order valence-electron chi connectivity index (χ4n) is 0.883. The molecule has 0 bridgehead atoms. The van der Waals surface area contributed by atoms with Crippen molar-refractivity contribution in [3.63, 3.8) is 0 Å². The van der Waals surface area contributed by atoms with Crippen LogP contribution < -0.4 is 5.32 Å². The summed E-state index contributed by atoms with van der Waals surface area (Å²) in [6, 6.07) is 0. The van der Waals surface area contributed by atoms with Crippen LogP contribution in [0.4, 0.5) is 5.82 Å². The molecule has 14 heavy (non-hydrogen) atoms. The molecule has 1 heterocycles. The van der Waals surface area contributed by atoms with Gasteiger partial charge in [-0.3, -0.25) is 0 Å². The number of nitrogens with one attached hydrogen (secondary N) is 1. The maximum absolute atomic E-state index is 11.0. The third-order valence-electron chi connectivity index (χ3n) is 1.42. The van der Waals surface area contributed by atoms with Crippen molar-refractivity contribution in [2.45, 2.75) is 5.75 Å². The minimum Gasteiger partial charge on any atom is -0.372 e. The van der Waals surface area contributed by atoms with Gasteiger partial charge in [0.2, 0.25) is 0 Å². The summed E-state index contributed by atoms with van der Waals surface area (Å²) < 4.78 is 22.7. The third-order valence-corrected chi connectivity index (χ3v) is 2.78. The van der Waals surface area contributed by atoms with Crippen molar-refractivity contribution >= 4 is 31.6 Å². The van der Waals surface area contributed by atoms with Crippen LogP contribution in [0.3, 0.4) is 0 Å². The van der Waals surface area contributed by atoms with Gasteiger partial charge >= 0.3 is 0 Å². The van der Waals surface area contributed by atoms with Crippen molar-refractivity contribution < 1.29 is 8.42 Å². The van der Waals surface area contributed by atoms with Gasteiger partial charge in [-0.05, 0) is 15.9 Å². The Kier molecular flexibility index (Phi) is 3.43. The number of sulfone groups is 1. The minimum absolute atomic E-state index is 0.144. The van der Waals surface area contributed by atoms with Gasteiger partial charge in [-0.15, -0.1) is 0 Å². The van der Waals surface area contributed by atoms with Gasteiger partial charge in [0.05, 0.1) is 4.47 Å². The predicted octanol–water partition coefficient (Wildman–Crippen LogP) is 0.825. The second-order valence-electron chi connectivity index (χ2n) is 2.80. The number of nitrogens with zero attached hydrogens (tertiary/aromatic N) is 2. The van der Waals surface area contributed by atoms with Gasteiger partial charge in [0.1, 0.15) is 17.4 Å². The maximum Gasteiger partial charge on any atom is 0.154 e. The van der Waals surface area contributed by atoms with E-state index in [0.717, 1.165) is 6.26 Å². The molecular weight excluding hydrogens is 270 g/mol. The van der Waals surface area contributed by atoms with Crippen LogP contribution in [0.25, 0.3) is 0 Å². The molecule has 0 aliphatic heterocycles. The number of hydrogen-bond donors (Lipinski definition) is 1. The first kappa shape index (κ1) is 11.4. The van der Waals surface area contributed by atoms with Gasteiger partial charge in [-0.1, -0.05) is 0 Å². The molecule has 0 fully saturated rings. The summed E-state index contributed by atoms with van der Waals surface area (Å²) in [4.78, 5) is 7.92. The number of aromatic nitrogens is 2. The molecule has 1 N–H and O–H groups in total. The van der Waals surface area contributed by atoms with Gasteiger partial charge in [-0.2, -0.15) is 0 Å². The molecule has 0 aliphatic rings. The van der Waals surface area contributed by atoms with E-state index in [1.807, 2.05) is 0 Å². The quantitative estimate of drug-likeness (QED) is 0.887. The van der Waals surface area contributed by atoms with Crippen LogP contribution in [0.15, 0.2) is 10.7 Å². The molecule has 0 unspecified atom stereocenters. The molecule has 0 aliphatic carbocycles. The van der Waals surface area contributed by atoms with Crippen LogP contribution in [-0.2, 0) is 15.6 Å². The van der Waals surface area contributed by atoms with Crippen molar-refractivity contribution in [1.82, 2.24) is 9.97 Å². The normalized spacial score (nSPS) is 11.4. The first-order valence-corrected chi connectivity index (χ1v) is 6.64. The SMILES string of the molecule is CNc1nc(CS(C)(=O)=O)ncc1Br. The molecule has 0 saturated carbocycles. The number of anilines is 1. The summed E-state index contributed by atoms with van der Waals surface area (Å²) in [5, 5.41) is 2.83. The lowest BCUT2D eigenvalue weighted by atomic mass is 10.5. The summed E-state index contributed by atoms with van der Waals surface area (Å²) in [7, 11) is -1.38. The fraction of sp³-hybridized carbons (Fsp3) is 0.429. The van der Waals surface area contributed by atoms with E-state index in [-0.39, 0.29) is 5.75 Å². The van der Waals surface area contributed by atoms with Crippen LogP contribution in [0, 0.1) is 0 Å². The monoisotopic (exact) mass is 279 g/mol. The second kappa shape index (κ2) is 4.22. The lowest BCUT2D eigenvalue weighted by Crippen LogP contribution is -2.07. The molecule has 0 aromatic carbocycles. The van der Waals surface area contributed by atoms with Crippen LogP contribution in [0.2, 0.25) is 0 Å². The van der Waals surface area contributed by atoms with Gasteiger partial charge in [-0.25, -0.2) is 18.4 Å². The Morgan fingerprint density at radius 3 is 2.71 bits per heavy atom. The van der Waals surface area contributed by atoms with Crippen molar-refractivity contribution in [3.05, 3.63) is 16.5 Å². The molecule has 0 amide bonds. The summed E-state index contributed by atoms with van der Waals surface area (Å²) in [5.41, 5.74) is 0. The molecule has 0 spiro atoms. The van der Waals surface area contributed by atoms with Crippen molar-refractivity contribution in [1.29, 1.82) is 0 Å². The molecule has 5 nitrogen and oxygen atoms in total. The van der Waals surface area contributed by atoms with Crippen LogP contribution in [0.5, 0.6) is 0 Å². The molecule has 0 saturated heterocycles. The lowest BCUT2D eigenvalue weighted by molar-refractivity contribution is 0.599. The number of halogens is 1. The Morgan fingerprint density at radius 2 is 2.21 bits per heavy atom. The van der Waals surface area contributed by atoms with E-state index >= 15 is 0 Å². The van der Waals surface area contributed by atoms with Crippen molar-refractivity contribution in [2.75, 3.05) is 18.6 Å². The second-order valence-corrected chi connectivity index (χ2v) is 5.80. The molecule has 1 aromatic heterocycles. The van der Waals surface area contributed by atoms with Gasteiger partial charge in [0, 0.05) is 19.5 Å². The highest BCUT2D eigenvalue weighted by Crippen LogP contribution is 2.18. The van der Waals surface area contributed by atoms with Crippen molar-refractivity contribution in [3.8, 4) is 0 Å². The van der Waals surface area contributed by atoms with Gasteiger partial charge in [0.25, 0.3) is 0 Å². The molecular formula is C7H10BrN3O2S. The minimum atomic E-state index is -3.08. The topological polar surface area (TPSA) is 72.0 Å². The standard InChI is InChI=1S/C7H10BrN3O2S/c1-9-7-5(8)3-10-6(11-7)4-14(2,12)13/h3H,4H2,1-2H3,(H,9,10,11). The fourth-order valence-corrected chi connectivity index (χ4v) is 1.88. The Hall–Kier alpha value is -0.690. The highest BCUT2D eigenvalue weighted by molar-refractivity contribution is 9.10. The van der Waals surface area contributed by atoms with Crippen LogP contribution in [-0.4, -0.2) is 31.7 Å². The van der Waals surface area contributed by atoms with E-state index in [0.29, 0.717) is 16.1 Å². The van der Waals surface area contributed by atoms with E-state index in [9.17, 15) is 8.42 Å². The summed E-state index contributed by atoms with van der Waals surface area (Å²) in [6.07, 6.45) is 2.68. The summed E-state index contributed by atoms with van der Waals surface area (Å²) in [5.74, 6) is 0.730. The molecule has 1 rings (SSSR count). The van der Waals surface area contributed by atoms with Crippen LogP contribution >= 0.6 is 15.9 Å². The molecule has 7 heteroatoms. The number of rotatable bonds is 3. The van der Waals surface area contributed by atoms with E-state index < -0.39 is 9.84 Å². The highest BCUT2D eigenvalue weighted by Gasteiger charge is 2.09. The maximum atomic E-state index is 11.0. The third kappa shape index (κ3) is 3.22. The summed E-state index contributed by atoms with van der Waals surface area (Å²) >= 11 is 3.23. The van der Waals surface area contributed by atoms with E-state index in [1.165, 1.54) is 6.20 Å². The molecule has 78 valence electrons. The van der Waals surface area contributed by atoms with Gasteiger partial charge < -0.3 is 5.32 Å². The smallest absolute Gasteiger partial charge is 0.154 e. The largest absolute Gasteiger partial charge is 0.372 e. The first-order valence-electron chi connectivity index (χ1n) is 3.79. The zero-order chi connectivity index (χ0) is 10.8. The van der Waals surface area contributed by atoms with E-state index in [2.05, 4.69) is 31.2 Å². The molecule has 0 radical (unpaired) electrons. The average Bonchev–Trinajstić information content (AvgIpc) is 2.06. The summed E-state index contributed by atoms with van der Waals surface area (Å²) in [6.45, 7) is 0. The molecule has 1 aromatic rings. The van der Waals surface area contributed by atoms with Gasteiger partial charge in [0.15, 0.2) is 9.84 Å². The zero-order valence-electron chi connectivity index (χ0n) is 7.78. The predicted molar refractivity (Wildman–Crippen MR) is 57.8 cm³/mol. The first-order chi connectivity index (χ1) is 6.42. The molecule has 0 atom stereocenters. The average molecular weight is 280 g/mol. The Balaban J connectivity index is 3.01. The Bertz CT molecular complexity index is 433. The highest BCUT2D eigenvalue weighted by atomic mass is 79.9. The Labute approximate surface area is 91.0 Å². The Morgan fingerprint density at radius 1 is 1.57 bits per heavy atom. The van der Waals surface area contributed by atoms with Crippen molar-refractivity contribution in [2.24, 2.45) is 0 Å². The number of hydrogen-bond acceptors (Lipinski definition) is 5. The zero-order valence-corrected chi connectivity index (χ0v) is 10.2. The lowest BCUT2D eigenvalue weighted by Gasteiger charge is -2.04. The van der Waals surface area contributed by atoms with Crippen LogP contribution in [0.1, 0.15) is 5.82 Å².